The predicted octanol–water partition coefficient (Wildman–Crippen LogP) is 1.11. The molecular weight excluding hydrogens is 154 g/mol. The summed E-state index contributed by atoms with van der Waals surface area (Å²) in [6.07, 6.45) is 0.318. The zero-order valence-electron chi connectivity index (χ0n) is 6.87. The third-order valence-electron chi connectivity index (χ3n) is 1.45. The van der Waals surface area contributed by atoms with E-state index in [1.54, 1.807) is 6.07 Å². The number of rotatable bonds is 2. The number of aromatic hydroxyl groups is 1. The lowest BCUT2D eigenvalue weighted by Gasteiger charge is -2.00. The molecule has 1 aromatic carbocycles. The van der Waals surface area contributed by atoms with E-state index in [0.717, 1.165) is 5.56 Å². The van der Waals surface area contributed by atoms with Crippen molar-refractivity contribution < 1.29 is 9.90 Å². The van der Waals surface area contributed by atoms with Crippen LogP contribution >= 0.6 is 0 Å². The van der Waals surface area contributed by atoms with Crippen LogP contribution in [0, 0.1) is 0 Å². The van der Waals surface area contributed by atoms with Gasteiger partial charge >= 0.3 is 0 Å². The SMILES string of the molecule is CC(=O)Cc1cc(N)cc(O)c1. The summed E-state index contributed by atoms with van der Waals surface area (Å²) in [5, 5.41) is 9.12. The van der Waals surface area contributed by atoms with E-state index in [9.17, 15) is 4.79 Å². The van der Waals surface area contributed by atoms with Gasteiger partial charge in [-0.05, 0) is 24.6 Å². The van der Waals surface area contributed by atoms with Crippen LogP contribution in [0.1, 0.15) is 12.5 Å². The van der Waals surface area contributed by atoms with E-state index >= 15 is 0 Å². The summed E-state index contributed by atoms with van der Waals surface area (Å²) in [4.78, 5) is 10.7. The fourth-order valence-corrected chi connectivity index (χ4v) is 1.09. The lowest BCUT2D eigenvalue weighted by molar-refractivity contribution is -0.116. The predicted molar refractivity (Wildman–Crippen MR) is 46.9 cm³/mol. The van der Waals surface area contributed by atoms with Crippen LogP contribution in [0.4, 0.5) is 5.69 Å². The van der Waals surface area contributed by atoms with Crippen molar-refractivity contribution in [2.45, 2.75) is 13.3 Å². The van der Waals surface area contributed by atoms with Crippen molar-refractivity contribution in [3.8, 4) is 5.75 Å². The molecule has 0 unspecified atom stereocenters. The van der Waals surface area contributed by atoms with Crippen molar-refractivity contribution in [1.29, 1.82) is 0 Å². The summed E-state index contributed by atoms with van der Waals surface area (Å²) >= 11 is 0. The second-order valence-electron chi connectivity index (χ2n) is 2.81. The lowest BCUT2D eigenvalue weighted by Crippen LogP contribution is -1.97. The highest BCUT2D eigenvalue weighted by atomic mass is 16.3. The minimum absolute atomic E-state index is 0.0556. The standard InChI is InChI=1S/C9H11NO2/c1-6(11)2-7-3-8(10)5-9(12)4-7/h3-5,12H,2,10H2,1H3. The Labute approximate surface area is 70.8 Å². The lowest BCUT2D eigenvalue weighted by atomic mass is 10.1. The van der Waals surface area contributed by atoms with Gasteiger partial charge in [0.05, 0.1) is 0 Å². The number of Topliss-reactive ketones (excluding diaryl/α,β-unsaturated/α-hetero) is 1. The Kier molecular flexibility index (Phi) is 2.33. The molecule has 0 amide bonds. The Bertz CT molecular complexity index is 287. The van der Waals surface area contributed by atoms with Crippen LogP contribution in [-0.2, 0) is 11.2 Å². The van der Waals surface area contributed by atoms with Crippen LogP contribution in [0.3, 0.4) is 0 Å². The van der Waals surface area contributed by atoms with E-state index in [-0.39, 0.29) is 11.5 Å². The average Bonchev–Trinajstić information content (AvgIpc) is 1.81. The maximum atomic E-state index is 10.7. The first-order chi connectivity index (χ1) is 5.58. The number of carbonyl (C=O) groups is 1. The first-order valence-corrected chi connectivity index (χ1v) is 3.66. The molecule has 0 spiro atoms. The second-order valence-corrected chi connectivity index (χ2v) is 2.81. The topological polar surface area (TPSA) is 63.3 Å². The van der Waals surface area contributed by atoms with E-state index in [0.29, 0.717) is 12.1 Å². The second kappa shape index (κ2) is 3.26. The Morgan fingerprint density at radius 1 is 1.50 bits per heavy atom. The summed E-state index contributed by atoms with van der Waals surface area (Å²) in [5.74, 6) is 0.159. The van der Waals surface area contributed by atoms with Crippen molar-refractivity contribution in [2.24, 2.45) is 0 Å². The van der Waals surface area contributed by atoms with Crippen LogP contribution in [0.2, 0.25) is 0 Å². The smallest absolute Gasteiger partial charge is 0.134 e. The van der Waals surface area contributed by atoms with Crippen molar-refractivity contribution in [3.05, 3.63) is 23.8 Å². The monoisotopic (exact) mass is 165 g/mol. The molecule has 0 aliphatic rings. The molecular formula is C9H11NO2. The van der Waals surface area contributed by atoms with Crippen LogP contribution in [0.15, 0.2) is 18.2 Å². The maximum Gasteiger partial charge on any atom is 0.134 e. The molecule has 3 heteroatoms. The first-order valence-electron chi connectivity index (χ1n) is 3.66. The average molecular weight is 165 g/mol. The summed E-state index contributed by atoms with van der Waals surface area (Å²) in [7, 11) is 0. The number of phenolic OH excluding ortho intramolecular Hbond substituents is 1. The molecule has 3 N–H and O–H groups in total. The van der Waals surface area contributed by atoms with Gasteiger partial charge in [-0.2, -0.15) is 0 Å². The first kappa shape index (κ1) is 8.59. The molecule has 1 rings (SSSR count). The zero-order chi connectivity index (χ0) is 9.14. The van der Waals surface area contributed by atoms with Crippen molar-refractivity contribution in [2.75, 3.05) is 5.73 Å². The van der Waals surface area contributed by atoms with Gasteiger partial charge in [0.1, 0.15) is 11.5 Å². The quantitative estimate of drug-likeness (QED) is 0.645. The normalized spacial score (nSPS) is 9.75. The number of anilines is 1. The van der Waals surface area contributed by atoms with Crippen LogP contribution in [-0.4, -0.2) is 10.9 Å². The number of nitrogen functional groups attached to an aromatic ring is 1. The van der Waals surface area contributed by atoms with Gasteiger partial charge in [-0.1, -0.05) is 0 Å². The van der Waals surface area contributed by atoms with Crippen LogP contribution < -0.4 is 5.73 Å². The molecule has 1 aromatic rings. The Morgan fingerprint density at radius 3 is 2.67 bits per heavy atom. The molecule has 0 saturated heterocycles. The van der Waals surface area contributed by atoms with Crippen LogP contribution in [0.5, 0.6) is 5.75 Å². The zero-order valence-corrected chi connectivity index (χ0v) is 6.87. The molecule has 0 heterocycles. The number of benzene rings is 1. The molecule has 0 saturated carbocycles. The number of ketones is 1. The van der Waals surface area contributed by atoms with Gasteiger partial charge in [0.15, 0.2) is 0 Å². The number of carbonyl (C=O) groups excluding carboxylic acids is 1. The summed E-state index contributed by atoms with van der Waals surface area (Å²) in [6, 6.07) is 4.67. The third kappa shape index (κ3) is 2.27. The molecule has 0 atom stereocenters. The van der Waals surface area contributed by atoms with Crippen molar-refractivity contribution in [1.82, 2.24) is 0 Å². The molecule has 64 valence electrons. The summed E-state index contributed by atoms with van der Waals surface area (Å²) in [6.45, 7) is 1.50. The minimum atomic E-state index is 0.0556. The van der Waals surface area contributed by atoms with Crippen molar-refractivity contribution in [3.63, 3.8) is 0 Å². The maximum absolute atomic E-state index is 10.7. The number of hydrogen-bond donors (Lipinski definition) is 2. The van der Waals surface area contributed by atoms with E-state index in [2.05, 4.69) is 0 Å². The van der Waals surface area contributed by atoms with Gasteiger partial charge in [0, 0.05) is 18.2 Å². The Morgan fingerprint density at radius 2 is 2.17 bits per heavy atom. The van der Waals surface area contributed by atoms with E-state index in [1.807, 2.05) is 0 Å². The molecule has 0 aromatic heterocycles. The molecule has 0 fully saturated rings. The van der Waals surface area contributed by atoms with E-state index < -0.39 is 0 Å². The number of nitrogens with two attached hydrogens (primary N) is 1. The molecule has 0 aliphatic heterocycles. The fourth-order valence-electron chi connectivity index (χ4n) is 1.09. The van der Waals surface area contributed by atoms with Gasteiger partial charge in [-0.15, -0.1) is 0 Å². The molecule has 0 radical (unpaired) electrons. The fraction of sp³-hybridized carbons (Fsp3) is 0.222. The Balaban J connectivity index is 2.93. The number of phenols is 1. The largest absolute Gasteiger partial charge is 0.508 e. The van der Waals surface area contributed by atoms with Gasteiger partial charge in [-0.3, -0.25) is 4.79 Å². The molecule has 0 bridgehead atoms. The van der Waals surface area contributed by atoms with Gasteiger partial charge in [0.2, 0.25) is 0 Å². The highest BCUT2D eigenvalue weighted by Crippen LogP contribution is 2.17. The van der Waals surface area contributed by atoms with Crippen LogP contribution in [0.25, 0.3) is 0 Å². The van der Waals surface area contributed by atoms with Gasteiger partial charge in [0.25, 0.3) is 0 Å². The molecule has 12 heavy (non-hydrogen) atoms. The molecule has 0 aliphatic carbocycles. The summed E-state index contributed by atoms with van der Waals surface area (Å²) in [5.41, 5.74) is 6.69. The van der Waals surface area contributed by atoms with Gasteiger partial charge < -0.3 is 10.8 Å². The third-order valence-corrected chi connectivity index (χ3v) is 1.45. The van der Waals surface area contributed by atoms with E-state index in [4.69, 9.17) is 10.8 Å². The minimum Gasteiger partial charge on any atom is -0.508 e. The van der Waals surface area contributed by atoms with E-state index in [1.165, 1.54) is 19.1 Å². The molecule has 3 nitrogen and oxygen atoms in total. The van der Waals surface area contributed by atoms with Crippen molar-refractivity contribution >= 4 is 11.5 Å². The highest BCUT2D eigenvalue weighted by molar-refractivity contribution is 5.78. The highest BCUT2D eigenvalue weighted by Gasteiger charge is 2.00. The summed E-state index contributed by atoms with van der Waals surface area (Å²) < 4.78 is 0. The number of hydrogen-bond acceptors (Lipinski definition) is 3. The Hall–Kier alpha value is -1.51. The van der Waals surface area contributed by atoms with Gasteiger partial charge in [-0.25, -0.2) is 0 Å².